The zero-order chi connectivity index (χ0) is 14.7. The third kappa shape index (κ3) is 4.79. The molecule has 1 atom stereocenters. The van der Waals surface area contributed by atoms with E-state index >= 15 is 0 Å². The molecule has 1 aliphatic rings. The Labute approximate surface area is 136 Å². The van der Waals surface area contributed by atoms with E-state index in [9.17, 15) is 13.6 Å². The molecular formula is C13H16BrClF2N2O2. The predicted molar refractivity (Wildman–Crippen MR) is 81.4 cm³/mol. The second-order valence-electron chi connectivity index (χ2n) is 4.63. The fourth-order valence-electron chi connectivity index (χ4n) is 2.15. The number of nitrogens with one attached hydrogen (secondary N) is 1. The predicted octanol–water partition coefficient (Wildman–Crippen LogP) is 2.91. The van der Waals surface area contributed by atoms with Crippen LogP contribution in [0.4, 0.5) is 8.78 Å². The summed E-state index contributed by atoms with van der Waals surface area (Å²) >= 11 is 3.18. The SMILES string of the molecule is C[C@@H]1CN(C(=O)c2ccc(Br)cc2OC(F)F)CCN1.Cl. The van der Waals surface area contributed by atoms with E-state index in [2.05, 4.69) is 26.0 Å². The van der Waals surface area contributed by atoms with Crippen molar-refractivity contribution < 1.29 is 18.3 Å². The number of alkyl halides is 2. The summed E-state index contributed by atoms with van der Waals surface area (Å²) in [6.45, 7) is 0.792. The summed E-state index contributed by atoms with van der Waals surface area (Å²) in [4.78, 5) is 14.1. The maximum absolute atomic E-state index is 12.4. The van der Waals surface area contributed by atoms with Gasteiger partial charge < -0.3 is 15.0 Å². The van der Waals surface area contributed by atoms with Crippen LogP contribution in [-0.4, -0.2) is 43.1 Å². The highest BCUT2D eigenvalue weighted by atomic mass is 79.9. The van der Waals surface area contributed by atoms with Crippen LogP contribution in [0.3, 0.4) is 0 Å². The number of piperazine rings is 1. The molecule has 1 N–H and O–H groups in total. The first-order valence-corrected chi connectivity index (χ1v) is 7.03. The van der Waals surface area contributed by atoms with Gasteiger partial charge in [0.2, 0.25) is 0 Å². The number of nitrogens with zero attached hydrogens (tertiary/aromatic N) is 1. The number of hydrogen-bond acceptors (Lipinski definition) is 3. The largest absolute Gasteiger partial charge is 0.434 e. The van der Waals surface area contributed by atoms with E-state index in [0.717, 1.165) is 0 Å². The van der Waals surface area contributed by atoms with Crippen LogP contribution in [0.15, 0.2) is 22.7 Å². The lowest BCUT2D eigenvalue weighted by atomic mass is 10.1. The number of ether oxygens (including phenoxy) is 1. The minimum Gasteiger partial charge on any atom is -0.434 e. The molecule has 4 nitrogen and oxygen atoms in total. The van der Waals surface area contributed by atoms with Gasteiger partial charge in [-0.25, -0.2) is 0 Å². The number of halogens is 4. The molecular weight excluding hydrogens is 370 g/mol. The van der Waals surface area contributed by atoms with E-state index in [0.29, 0.717) is 24.1 Å². The summed E-state index contributed by atoms with van der Waals surface area (Å²) in [7, 11) is 0. The van der Waals surface area contributed by atoms with Gasteiger partial charge in [0.25, 0.3) is 5.91 Å². The lowest BCUT2D eigenvalue weighted by molar-refractivity contribution is -0.0503. The fraction of sp³-hybridized carbons (Fsp3) is 0.462. The summed E-state index contributed by atoms with van der Waals surface area (Å²) in [5.41, 5.74) is 0.155. The molecule has 0 saturated carbocycles. The zero-order valence-corrected chi connectivity index (χ0v) is 13.7. The number of carbonyl (C=O) groups excluding carboxylic acids is 1. The topological polar surface area (TPSA) is 41.6 Å². The Morgan fingerprint density at radius 2 is 2.24 bits per heavy atom. The second kappa shape index (κ2) is 7.91. The third-order valence-electron chi connectivity index (χ3n) is 3.05. The lowest BCUT2D eigenvalue weighted by Gasteiger charge is -2.32. The molecule has 0 aliphatic carbocycles. The molecule has 1 amide bonds. The van der Waals surface area contributed by atoms with Crippen molar-refractivity contribution in [3.05, 3.63) is 28.2 Å². The van der Waals surface area contributed by atoms with E-state index in [1.165, 1.54) is 12.1 Å². The molecule has 2 rings (SSSR count). The van der Waals surface area contributed by atoms with Gasteiger partial charge >= 0.3 is 6.61 Å². The Kier molecular flexibility index (Phi) is 6.83. The number of carbonyl (C=O) groups is 1. The molecule has 1 saturated heterocycles. The van der Waals surface area contributed by atoms with Crippen molar-refractivity contribution in [1.29, 1.82) is 0 Å². The Hall–Kier alpha value is -0.920. The van der Waals surface area contributed by atoms with E-state index in [1.807, 2.05) is 6.92 Å². The van der Waals surface area contributed by atoms with Crippen LogP contribution in [0.2, 0.25) is 0 Å². The molecule has 0 unspecified atom stereocenters. The van der Waals surface area contributed by atoms with E-state index < -0.39 is 6.61 Å². The molecule has 1 fully saturated rings. The smallest absolute Gasteiger partial charge is 0.387 e. The number of amides is 1. The van der Waals surface area contributed by atoms with Gasteiger partial charge in [0.1, 0.15) is 5.75 Å². The highest BCUT2D eigenvalue weighted by Gasteiger charge is 2.25. The molecule has 118 valence electrons. The molecule has 1 heterocycles. The monoisotopic (exact) mass is 384 g/mol. The van der Waals surface area contributed by atoms with Gasteiger partial charge in [-0.2, -0.15) is 8.78 Å². The molecule has 0 aromatic heterocycles. The molecule has 8 heteroatoms. The van der Waals surface area contributed by atoms with Crippen molar-refractivity contribution in [1.82, 2.24) is 10.2 Å². The van der Waals surface area contributed by atoms with Gasteiger partial charge in [0.15, 0.2) is 0 Å². The highest BCUT2D eigenvalue weighted by molar-refractivity contribution is 9.10. The first-order chi connectivity index (χ1) is 9.47. The standard InChI is InChI=1S/C13H15BrF2N2O2.ClH/c1-8-7-18(5-4-17-8)12(19)10-3-2-9(14)6-11(10)20-13(15)16;/h2-3,6,8,13,17H,4-5,7H2,1H3;1H/t8-;/m1./s1. The van der Waals surface area contributed by atoms with E-state index in [1.54, 1.807) is 11.0 Å². The van der Waals surface area contributed by atoms with Crippen molar-refractivity contribution >= 4 is 34.2 Å². The van der Waals surface area contributed by atoms with Gasteiger partial charge in [0, 0.05) is 30.1 Å². The second-order valence-corrected chi connectivity index (χ2v) is 5.54. The summed E-state index contributed by atoms with van der Waals surface area (Å²) in [6, 6.07) is 4.70. The Balaban J connectivity index is 0.00000220. The maximum atomic E-state index is 12.4. The molecule has 1 aliphatic heterocycles. The van der Waals surface area contributed by atoms with Gasteiger partial charge in [-0.05, 0) is 25.1 Å². The number of benzene rings is 1. The molecule has 0 spiro atoms. The van der Waals surface area contributed by atoms with Crippen LogP contribution in [-0.2, 0) is 0 Å². The van der Waals surface area contributed by atoms with Gasteiger partial charge in [-0.3, -0.25) is 4.79 Å². The first kappa shape index (κ1) is 18.1. The van der Waals surface area contributed by atoms with Crippen molar-refractivity contribution in [3.63, 3.8) is 0 Å². The summed E-state index contributed by atoms with van der Waals surface area (Å²) < 4.78 is 29.9. The van der Waals surface area contributed by atoms with E-state index in [4.69, 9.17) is 0 Å². The van der Waals surface area contributed by atoms with Crippen LogP contribution in [0.1, 0.15) is 17.3 Å². The van der Waals surface area contributed by atoms with Crippen molar-refractivity contribution in [3.8, 4) is 5.75 Å². The summed E-state index contributed by atoms with van der Waals surface area (Å²) in [6.07, 6.45) is 0. The highest BCUT2D eigenvalue weighted by Crippen LogP contribution is 2.26. The molecule has 0 radical (unpaired) electrons. The normalized spacial score (nSPS) is 18.3. The van der Waals surface area contributed by atoms with Crippen LogP contribution in [0, 0.1) is 0 Å². The number of rotatable bonds is 3. The Morgan fingerprint density at radius 3 is 2.86 bits per heavy atom. The van der Waals surface area contributed by atoms with Crippen LogP contribution in [0.5, 0.6) is 5.75 Å². The van der Waals surface area contributed by atoms with Crippen molar-refractivity contribution in [2.24, 2.45) is 0 Å². The minimum atomic E-state index is -2.96. The van der Waals surface area contributed by atoms with Crippen molar-refractivity contribution in [2.45, 2.75) is 19.6 Å². The molecule has 1 aromatic carbocycles. The third-order valence-corrected chi connectivity index (χ3v) is 3.54. The van der Waals surface area contributed by atoms with Crippen LogP contribution >= 0.6 is 28.3 Å². The van der Waals surface area contributed by atoms with Gasteiger partial charge in [-0.1, -0.05) is 15.9 Å². The summed E-state index contributed by atoms with van der Waals surface area (Å²) in [5, 5.41) is 3.22. The van der Waals surface area contributed by atoms with Gasteiger partial charge in [-0.15, -0.1) is 12.4 Å². The van der Waals surface area contributed by atoms with Gasteiger partial charge in [0.05, 0.1) is 5.56 Å². The van der Waals surface area contributed by atoms with Crippen LogP contribution < -0.4 is 10.1 Å². The number of hydrogen-bond donors (Lipinski definition) is 1. The van der Waals surface area contributed by atoms with Crippen LogP contribution in [0.25, 0.3) is 0 Å². The average Bonchev–Trinajstić information content (AvgIpc) is 2.37. The molecule has 0 bridgehead atoms. The summed E-state index contributed by atoms with van der Waals surface area (Å²) in [5.74, 6) is -0.396. The molecule has 1 aromatic rings. The molecule has 21 heavy (non-hydrogen) atoms. The quantitative estimate of drug-likeness (QED) is 0.870. The van der Waals surface area contributed by atoms with Crippen molar-refractivity contribution in [2.75, 3.05) is 19.6 Å². The minimum absolute atomic E-state index is 0. The van der Waals surface area contributed by atoms with E-state index in [-0.39, 0.29) is 35.7 Å². The zero-order valence-electron chi connectivity index (χ0n) is 11.3. The fourth-order valence-corrected chi connectivity index (χ4v) is 2.49. The Bertz CT molecular complexity index is 505. The lowest BCUT2D eigenvalue weighted by Crippen LogP contribution is -2.51. The first-order valence-electron chi connectivity index (χ1n) is 6.24. The maximum Gasteiger partial charge on any atom is 0.387 e. The Morgan fingerprint density at radius 1 is 1.52 bits per heavy atom. The average molecular weight is 386 g/mol.